The van der Waals surface area contributed by atoms with E-state index in [0.717, 1.165) is 11.1 Å². The molecule has 0 saturated heterocycles. The first kappa shape index (κ1) is 14.7. The third-order valence-corrected chi connectivity index (χ3v) is 5.40. The van der Waals surface area contributed by atoms with Crippen molar-refractivity contribution in [3.05, 3.63) is 72.0 Å². The Bertz CT molecular complexity index is 810. The SMILES string of the molecule is C=C1CN(S(=O)(=O)c2ccc(C)cc2)c2ccccc2CO1. The molecule has 0 atom stereocenters. The Morgan fingerprint density at radius 1 is 1.09 bits per heavy atom. The molecule has 0 aromatic heterocycles. The number of aryl methyl sites for hydroxylation is 1. The van der Waals surface area contributed by atoms with Crippen LogP contribution in [0.25, 0.3) is 0 Å². The molecule has 0 unspecified atom stereocenters. The van der Waals surface area contributed by atoms with Gasteiger partial charge in [0.2, 0.25) is 0 Å². The molecule has 3 rings (SSSR count). The standard InChI is InChI=1S/C17H17NO3S/c1-13-7-9-16(10-8-13)22(19,20)18-11-14(2)21-12-15-5-3-4-6-17(15)18/h3-10H,2,11-12H2,1H3. The van der Waals surface area contributed by atoms with Gasteiger partial charge < -0.3 is 4.74 Å². The molecule has 1 heterocycles. The summed E-state index contributed by atoms with van der Waals surface area (Å²) in [7, 11) is -3.66. The van der Waals surface area contributed by atoms with Gasteiger partial charge in [0.05, 0.1) is 17.1 Å². The van der Waals surface area contributed by atoms with E-state index < -0.39 is 10.0 Å². The lowest BCUT2D eigenvalue weighted by atomic mass is 10.2. The smallest absolute Gasteiger partial charge is 0.264 e. The molecule has 5 heteroatoms. The van der Waals surface area contributed by atoms with Crippen molar-refractivity contribution in [1.82, 2.24) is 0 Å². The van der Waals surface area contributed by atoms with Crippen LogP contribution in [0.15, 0.2) is 65.8 Å². The van der Waals surface area contributed by atoms with Gasteiger partial charge in [-0.05, 0) is 25.1 Å². The van der Waals surface area contributed by atoms with E-state index in [1.807, 2.05) is 25.1 Å². The second kappa shape index (κ2) is 5.50. The van der Waals surface area contributed by atoms with Gasteiger partial charge in [-0.3, -0.25) is 4.31 Å². The van der Waals surface area contributed by atoms with E-state index in [1.165, 1.54) is 4.31 Å². The maximum Gasteiger partial charge on any atom is 0.264 e. The van der Waals surface area contributed by atoms with E-state index in [9.17, 15) is 8.42 Å². The van der Waals surface area contributed by atoms with Crippen molar-refractivity contribution in [3.63, 3.8) is 0 Å². The van der Waals surface area contributed by atoms with Gasteiger partial charge in [0.1, 0.15) is 12.4 Å². The molecule has 114 valence electrons. The molecular weight excluding hydrogens is 298 g/mol. The predicted molar refractivity (Wildman–Crippen MR) is 86.1 cm³/mol. The van der Waals surface area contributed by atoms with Crippen LogP contribution in [0.4, 0.5) is 5.69 Å². The van der Waals surface area contributed by atoms with Crippen LogP contribution in [0.5, 0.6) is 0 Å². The Balaban J connectivity index is 2.12. The Kier molecular flexibility index (Phi) is 3.66. The van der Waals surface area contributed by atoms with E-state index in [0.29, 0.717) is 18.1 Å². The molecule has 0 radical (unpaired) electrons. The van der Waals surface area contributed by atoms with Crippen molar-refractivity contribution in [2.24, 2.45) is 0 Å². The van der Waals surface area contributed by atoms with Crippen molar-refractivity contribution in [1.29, 1.82) is 0 Å². The zero-order chi connectivity index (χ0) is 15.7. The molecule has 0 fully saturated rings. The lowest BCUT2D eigenvalue weighted by Gasteiger charge is -2.23. The minimum atomic E-state index is -3.66. The zero-order valence-electron chi connectivity index (χ0n) is 12.3. The van der Waals surface area contributed by atoms with Crippen molar-refractivity contribution in [2.75, 3.05) is 10.8 Å². The number of hydrogen-bond acceptors (Lipinski definition) is 3. The molecule has 1 aliphatic heterocycles. The maximum absolute atomic E-state index is 13.0. The monoisotopic (exact) mass is 315 g/mol. The van der Waals surface area contributed by atoms with Crippen LogP contribution >= 0.6 is 0 Å². The quantitative estimate of drug-likeness (QED) is 0.855. The lowest BCUT2D eigenvalue weighted by molar-refractivity contribution is 0.203. The van der Waals surface area contributed by atoms with Gasteiger partial charge in [0.25, 0.3) is 10.0 Å². The predicted octanol–water partition coefficient (Wildman–Crippen LogP) is 3.23. The second-order valence-corrected chi connectivity index (χ2v) is 7.14. The van der Waals surface area contributed by atoms with Crippen LogP contribution < -0.4 is 4.31 Å². The number of benzene rings is 2. The van der Waals surface area contributed by atoms with E-state index in [4.69, 9.17) is 4.74 Å². The molecular formula is C17H17NO3S. The summed E-state index contributed by atoms with van der Waals surface area (Å²) >= 11 is 0. The minimum Gasteiger partial charge on any atom is -0.492 e. The van der Waals surface area contributed by atoms with Crippen LogP contribution in [0.3, 0.4) is 0 Å². The molecule has 22 heavy (non-hydrogen) atoms. The number of hydrogen-bond donors (Lipinski definition) is 0. The summed E-state index contributed by atoms with van der Waals surface area (Å²) in [5, 5.41) is 0. The number of nitrogens with zero attached hydrogens (tertiary/aromatic N) is 1. The van der Waals surface area contributed by atoms with E-state index in [2.05, 4.69) is 6.58 Å². The van der Waals surface area contributed by atoms with Crippen LogP contribution in [-0.2, 0) is 21.4 Å². The molecule has 1 aliphatic rings. The van der Waals surface area contributed by atoms with Crippen LogP contribution in [0, 0.1) is 6.92 Å². The highest BCUT2D eigenvalue weighted by Gasteiger charge is 2.29. The Morgan fingerprint density at radius 3 is 2.50 bits per heavy atom. The molecule has 0 spiro atoms. The summed E-state index contributed by atoms with van der Waals surface area (Å²) in [5.74, 6) is 0.437. The van der Waals surface area contributed by atoms with Crippen LogP contribution in [-0.4, -0.2) is 15.0 Å². The van der Waals surface area contributed by atoms with Gasteiger partial charge >= 0.3 is 0 Å². The second-order valence-electron chi connectivity index (χ2n) is 5.28. The largest absolute Gasteiger partial charge is 0.492 e. The zero-order valence-corrected chi connectivity index (χ0v) is 13.1. The molecule has 0 N–H and O–H groups in total. The van der Waals surface area contributed by atoms with Gasteiger partial charge in [-0.2, -0.15) is 0 Å². The topological polar surface area (TPSA) is 46.6 Å². The first-order valence-corrected chi connectivity index (χ1v) is 8.40. The highest BCUT2D eigenvalue weighted by molar-refractivity contribution is 7.92. The molecule has 0 bridgehead atoms. The molecule has 4 nitrogen and oxygen atoms in total. The van der Waals surface area contributed by atoms with Gasteiger partial charge in [0.15, 0.2) is 0 Å². The van der Waals surface area contributed by atoms with Crippen molar-refractivity contribution < 1.29 is 13.2 Å². The minimum absolute atomic E-state index is 0.118. The number of para-hydroxylation sites is 1. The highest BCUT2D eigenvalue weighted by atomic mass is 32.2. The normalized spacial score (nSPS) is 15.0. The molecule has 2 aromatic rings. The van der Waals surface area contributed by atoms with Crippen LogP contribution in [0.2, 0.25) is 0 Å². The summed E-state index contributed by atoms with van der Waals surface area (Å²) in [4.78, 5) is 0.266. The summed E-state index contributed by atoms with van der Waals surface area (Å²) in [6.45, 7) is 6.17. The summed E-state index contributed by atoms with van der Waals surface area (Å²) in [6.07, 6.45) is 0. The van der Waals surface area contributed by atoms with Crippen molar-refractivity contribution >= 4 is 15.7 Å². The number of fused-ring (bicyclic) bond motifs is 1. The number of rotatable bonds is 2. The van der Waals surface area contributed by atoms with E-state index in [1.54, 1.807) is 30.3 Å². The fraction of sp³-hybridized carbons (Fsp3) is 0.176. The van der Waals surface area contributed by atoms with Gasteiger partial charge in [0, 0.05) is 5.56 Å². The first-order chi connectivity index (χ1) is 10.5. The molecule has 0 saturated carbocycles. The fourth-order valence-electron chi connectivity index (χ4n) is 2.40. The number of ether oxygens (including phenoxy) is 1. The summed E-state index contributed by atoms with van der Waals surface area (Å²) in [6, 6.07) is 14.2. The Hall–Kier alpha value is -2.27. The summed E-state index contributed by atoms with van der Waals surface area (Å²) < 4.78 is 32.9. The third-order valence-electron chi connectivity index (χ3n) is 3.62. The Morgan fingerprint density at radius 2 is 1.77 bits per heavy atom. The highest BCUT2D eigenvalue weighted by Crippen LogP contribution is 2.31. The van der Waals surface area contributed by atoms with Gasteiger partial charge in [-0.25, -0.2) is 8.42 Å². The van der Waals surface area contributed by atoms with E-state index >= 15 is 0 Å². The lowest BCUT2D eigenvalue weighted by Crippen LogP contribution is -2.32. The number of anilines is 1. The van der Waals surface area contributed by atoms with Crippen LogP contribution in [0.1, 0.15) is 11.1 Å². The average molecular weight is 315 g/mol. The van der Waals surface area contributed by atoms with Gasteiger partial charge in [-0.1, -0.05) is 42.5 Å². The molecule has 0 aliphatic carbocycles. The maximum atomic E-state index is 13.0. The Labute approximate surface area is 130 Å². The fourth-order valence-corrected chi connectivity index (χ4v) is 3.88. The van der Waals surface area contributed by atoms with Crippen molar-refractivity contribution in [3.8, 4) is 0 Å². The van der Waals surface area contributed by atoms with Gasteiger partial charge in [-0.15, -0.1) is 0 Å². The third kappa shape index (κ3) is 2.60. The molecule has 0 amide bonds. The first-order valence-electron chi connectivity index (χ1n) is 6.96. The van der Waals surface area contributed by atoms with E-state index in [-0.39, 0.29) is 11.4 Å². The summed E-state index contributed by atoms with van der Waals surface area (Å²) in [5.41, 5.74) is 2.49. The average Bonchev–Trinajstić information content (AvgIpc) is 2.68. The number of sulfonamides is 1. The molecule has 2 aromatic carbocycles. The van der Waals surface area contributed by atoms with Crippen molar-refractivity contribution in [2.45, 2.75) is 18.4 Å².